The Hall–Kier alpha value is -3.02. The molecule has 0 bridgehead atoms. The predicted molar refractivity (Wildman–Crippen MR) is 140 cm³/mol. The van der Waals surface area contributed by atoms with Gasteiger partial charge in [0.25, 0.3) is 0 Å². The summed E-state index contributed by atoms with van der Waals surface area (Å²) in [5.74, 6) is 1.72. The second-order valence-corrected chi connectivity index (χ2v) is 16.1. The molecular formula is C23H30N8OSSi. The van der Waals surface area contributed by atoms with E-state index < -0.39 is 8.07 Å². The highest BCUT2D eigenvalue weighted by atomic mass is 32.1. The first-order valence-corrected chi connectivity index (χ1v) is 15.8. The Balaban J connectivity index is 1.67. The van der Waals surface area contributed by atoms with Crippen LogP contribution in [0.1, 0.15) is 24.8 Å². The van der Waals surface area contributed by atoms with Crippen LogP contribution >= 0.6 is 11.3 Å². The fourth-order valence-corrected chi connectivity index (χ4v) is 4.69. The Morgan fingerprint density at radius 1 is 1.06 bits per heavy atom. The number of hydrogen-bond acceptors (Lipinski definition) is 10. The van der Waals surface area contributed by atoms with E-state index >= 15 is 0 Å². The molecule has 4 aromatic rings. The van der Waals surface area contributed by atoms with Crippen LogP contribution in [-0.4, -0.2) is 51.5 Å². The molecule has 34 heavy (non-hydrogen) atoms. The highest BCUT2D eigenvalue weighted by Crippen LogP contribution is 2.32. The second-order valence-electron chi connectivity index (χ2n) is 9.47. The smallest absolute Gasteiger partial charge is 0.215 e. The fourth-order valence-electron chi connectivity index (χ4n) is 3.09. The minimum atomic E-state index is -1.19. The molecule has 0 spiro atoms. The average Bonchev–Trinajstić information content (AvgIpc) is 3.29. The summed E-state index contributed by atoms with van der Waals surface area (Å²) in [4.78, 5) is 19.7. The van der Waals surface area contributed by atoms with Crippen LogP contribution in [0.15, 0.2) is 43.0 Å². The van der Waals surface area contributed by atoms with Gasteiger partial charge in [-0.3, -0.25) is 9.88 Å². The molecule has 9 nitrogen and oxygen atoms in total. The summed E-state index contributed by atoms with van der Waals surface area (Å²) in [6.45, 7) is 12.3. The van der Waals surface area contributed by atoms with Crippen molar-refractivity contribution in [2.75, 3.05) is 23.6 Å². The van der Waals surface area contributed by atoms with Crippen LogP contribution in [-0.2, 0) is 4.74 Å². The van der Waals surface area contributed by atoms with E-state index in [0.29, 0.717) is 25.1 Å². The highest BCUT2D eigenvalue weighted by molar-refractivity contribution is 7.15. The number of nitrogens with one attached hydrogen (secondary N) is 1. The van der Waals surface area contributed by atoms with Crippen LogP contribution in [0.5, 0.6) is 0 Å². The maximum absolute atomic E-state index is 6.10. The fraction of sp³-hybridized carbons (Fsp3) is 0.391. The lowest BCUT2D eigenvalue weighted by Gasteiger charge is -2.22. The summed E-state index contributed by atoms with van der Waals surface area (Å²) in [5, 5.41) is 13.9. The number of nitrogens with zero attached hydrogens (tertiary/aromatic N) is 7. The van der Waals surface area contributed by atoms with Crippen molar-refractivity contribution in [2.24, 2.45) is 0 Å². The van der Waals surface area contributed by atoms with Gasteiger partial charge in [-0.25, -0.2) is 15.0 Å². The lowest BCUT2D eigenvalue weighted by molar-refractivity contribution is 0.153. The molecule has 0 saturated carbocycles. The molecule has 0 aliphatic heterocycles. The minimum Gasteiger partial charge on any atom is -0.361 e. The monoisotopic (exact) mass is 494 g/mol. The zero-order chi connectivity index (χ0) is 24.1. The normalized spacial score (nSPS) is 11.8. The largest absolute Gasteiger partial charge is 0.361 e. The SMILES string of the molecule is CC(C)c1nnc(N(COCC[Si](C)(C)C)c2ccc3nccc(Nc4ccncn4)c3n2)s1. The van der Waals surface area contributed by atoms with Gasteiger partial charge in [0.15, 0.2) is 0 Å². The Morgan fingerprint density at radius 2 is 1.91 bits per heavy atom. The van der Waals surface area contributed by atoms with Gasteiger partial charge in [0.1, 0.15) is 35.2 Å². The minimum absolute atomic E-state index is 0.304. The molecule has 0 aliphatic rings. The molecule has 0 aromatic carbocycles. The second kappa shape index (κ2) is 10.5. The number of anilines is 4. The molecule has 0 atom stereocenters. The van der Waals surface area contributed by atoms with Crippen molar-refractivity contribution in [3.05, 3.63) is 48.0 Å². The van der Waals surface area contributed by atoms with Gasteiger partial charge in [0.05, 0.1) is 11.2 Å². The molecule has 0 saturated heterocycles. The maximum Gasteiger partial charge on any atom is 0.215 e. The lowest BCUT2D eigenvalue weighted by atomic mass is 10.2. The van der Waals surface area contributed by atoms with Crippen LogP contribution in [0.25, 0.3) is 11.0 Å². The molecule has 0 unspecified atom stereocenters. The van der Waals surface area contributed by atoms with E-state index in [9.17, 15) is 0 Å². The van der Waals surface area contributed by atoms with Crippen molar-refractivity contribution in [1.29, 1.82) is 0 Å². The number of pyridine rings is 2. The van der Waals surface area contributed by atoms with E-state index in [0.717, 1.165) is 38.7 Å². The molecular weight excluding hydrogens is 464 g/mol. The Morgan fingerprint density at radius 3 is 2.62 bits per heavy atom. The van der Waals surface area contributed by atoms with E-state index in [1.54, 1.807) is 23.7 Å². The third-order valence-electron chi connectivity index (χ3n) is 5.06. The Kier molecular flexibility index (Phi) is 7.44. The first kappa shape index (κ1) is 24.1. The van der Waals surface area contributed by atoms with Gasteiger partial charge in [-0.1, -0.05) is 44.8 Å². The summed E-state index contributed by atoms with van der Waals surface area (Å²) < 4.78 is 6.10. The van der Waals surface area contributed by atoms with Crippen molar-refractivity contribution >= 4 is 52.9 Å². The number of fused-ring (bicyclic) bond motifs is 1. The summed E-state index contributed by atoms with van der Waals surface area (Å²) >= 11 is 1.56. The van der Waals surface area contributed by atoms with E-state index in [-0.39, 0.29) is 0 Å². The molecule has 0 radical (unpaired) electrons. The summed E-state index contributed by atoms with van der Waals surface area (Å²) in [6, 6.07) is 8.70. The predicted octanol–water partition coefficient (Wildman–Crippen LogP) is 5.59. The number of ether oxygens (including phenoxy) is 1. The first-order valence-electron chi connectivity index (χ1n) is 11.3. The van der Waals surface area contributed by atoms with E-state index in [2.05, 4.69) is 64.0 Å². The molecule has 0 fully saturated rings. The highest BCUT2D eigenvalue weighted by Gasteiger charge is 2.20. The van der Waals surface area contributed by atoms with Crippen molar-refractivity contribution in [3.8, 4) is 0 Å². The van der Waals surface area contributed by atoms with Gasteiger partial charge < -0.3 is 10.1 Å². The van der Waals surface area contributed by atoms with E-state index in [1.807, 2.05) is 29.2 Å². The van der Waals surface area contributed by atoms with E-state index in [4.69, 9.17) is 9.72 Å². The Bertz CT molecular complexity index is 1230. The molecule has 178 valence electrons. The standard InChI is InChI=1S/C23H30N8OSSi/c1-16(2)22-29-30-23(33-22)31(15-32-12-13-34(3,4)5)20-7-6-17-21(28-20)18(8-11-25-17)27-19-9-10-24-14-26-19/h6-11,14,16H,12-13,15H2,1-5H3,(H,24,25,26,27). The molecule has 0 amide bonds. The molecule has 4 rings (SSSR count). The molecule has 1 N–H and O–H groups in total. The van der Waals surface area contributed by atoms with Crippen LogP contribution in [0.4, 0.5) is 22.5 Å². The zero-order valence-electron chi connectivity index (χ0n) is 20.2. The van der Waals surface area contributed by atoms with Crippen molar-refractivity contribution in [2.45, 2.75) is 45.5 Å². The maximum atomic E-state index is 6.10. The van der Waals surface area contributed by atoms with Gasteiger partial charge >= 0.3 is 0 Å². The van der Waals surface area contributed by atoms with Crippen LogP contribution in [0.3, 0.4) is 0 Å². The topological polar surface area (TPSA) is 102 Å². The molecule has 11 heteroatoms. The van der Waals surface area contributed by atoms with Gasteiger partial charge in [-0.05, 0) is 30.3 Å². The van der Waals surface area contributed by atoms with Gasteiger partial charge in [0.2, 0.25) is 5.13 Å². The number of rotatable bonds is 10. The third kappa shape index (κ3) is 6.10. The van der Waals surface area contributed by atoms with Crippen LogP contribution in [0.2, 0.25) is 25.7 Å². The quantitative estimate of drug-likeness (QED) is 0.172. The van der Waals surface area contributed by atoms with Crippen molar-refractivity contribution in [3.63, 3.8) is 0 Å². The van der Waals surface area contributed by atoms with Gasteiger partial charge in [0, 0.05) is 33.0 Å². The average molecular weight is 495 g/mol. The first-order chi connectivity index (χ1) is 16.3. The van der Waals surface area contributed by atoms with Crippen LogP contribution in [0, 0.1) is 0 Å². The van der Waals surface area contributed by atoms with Gasteiger partial charge in [-0.15, -0.1) is 10.2 Å². The van der Waals surface area contributed by atoms with Crippen molar-refractivity contribution in [1.82, 2.24) is 30.1 Å². The summed E-state index contributed by atoms with van der Waals surface area (Å²) in [6.07, 6.45) is 4.95. The van der Waals surface area contributed by atoms with Crippen molar-refractivity contribution < 1.29 is 4.74 Å². The number of hydrogen-bond donors (Lipinski definition) is 1. The Labute approximate surface area is 204 Å². The molecule has 4 aromatic heterocycles. The van der Waals surface area contributed by atoms with Gasteiger partial charge in [-0.2, -0.15) is 0 Å². The summed E-state index contributed by atoms with van der Waals surface area (Å²) in [5.41, 5.74) is 2.33. The van der Waals surface area contributed by atoms with E-state index in [1.165, 1.54) is 6.33 Å². The van der Waals surface area contributed by atoms with Crippen LogP contribution < -0.4 is 10.2 Å². The zero-order valence-corrected chi connectivity index (χ0v) is 22.0. The summed E-state index contributed by atoms with van der Waals surface area (Å²) in [7, 11) is -1.19. The molecule has 0 aliphatic carbocycles. The third-order valence-corrected chi connectivity index (χ3v) is 8.01. The molecule has 4 heterocycles. The lowest BCUT2D eigenvalue weighted by Crippen LogP contribution is -2.26. The number of aromatic nitrogens is 6.